The van der Waals surface area contributed by atoms with Crippen LogP contribution < -0.4 is 0 Å². The van der Waals surface area contributed by atoms with Crippen molar-refractivity contribution in [3.63, 3.8) is 0 Å². The molecule has 1 aromatic rings. The summed E-state index contributed by atoms with van der Waals surface area (Å²) in [6.45, 7) is 4.11. The maximum atomic E-state index is 9.99. The number of aliphatic hydroxyl groups is 1. The lowest BCUT2D eigenvalue weighted by Gasteiger charge is -2.28. The average molecular weight is 288 g/mol. The van der Waals surface area contributed by atoms with Crippen molar-refractivity contribution in [2.45, 2.75) is 11.0 Å². The van der Waals surface area contributed by atoms with E-state index in [4.69, 9.17) is 16.3 Å². The standard InChI is InChI=1S/C13H18ClNO2S/c14-11-1-3-13(4-2-11)18-10-12(16)9-15-5-7-17-8-6-15/h1-4,12,16H,5-10H2/t12-/m1/s1. The second kappa shape index (κ2) is 7.36. The molecule has 0 spiro atoms. The molecule has 1 aliphatic heterocycles. The van der Waals surface area contributed by atoms with Crippen LogP contribution in [0.3, 0.4) is 0 Å². The van der Waals surface area contributed by atoms with Crippen LogP contribution in [-0.4, -0.2) is 54.7 Å². The quantitative estimate of drug-likeness (QED) is 0.841. The van der Waals surface area contributed by atoms with E-state index in [0.29, 0.717) is 5.75 Å². The van der Waals surface area contributed by atoms with Crippen molar-refractivity contribution >= 4 is 23.4 Å². The van der Waals surface area contributed by atoms with E-state index >= 15 is 0 Å². The molecule has 5 heteroatoms. The molecule has 3 nitrogen and oxygen atoms in total. The number of thioether (sulfide) groups is 1. The first-order chi connectivity index (χ1) is 8.74. The minimum absolute atomic E-state index is 0.302. The van der Waals surface area contributed by atoms with Gasteiger partial charge in [-0.05, 0) is 24.3 Å². The number of benzene rings is 1. The monoisotopic (exact) mass is 287 g/mol. The summed E-state index contributed by atoms with van der Waals surface area (Å²) in [6.07, 6.45) is -0.302. The Hall–Kier alpha value is -0.260. The summed E-state index contributed by atoms with van der Waals surface area (Å²) in [6, 6.07) is 7.71. The van der Waals surface area contributed by atoms with Crippen molar-refractivity contribution in [2.24, 2.45) is 0 Å². The first-order valence-electron chi connectivity index (χ1n) is 6.10. The molecule has 0 unspecified atom stereocenters. The Kier molecular flexibility index (Phi) is 5.79. The van der Waals surface area contributed by atoms with E-state index in [1.54, 1.807) is 11.8 Å². The fraction of sp³-hybridized carbons (Fsp3) is 0.538. The van der Waals surface area contributed by atoms with Gasteiger partial charge in [0.25, 0.3) is 0 Å². The van der Waals surface area contributed by atoms with Gasteiger partial charge in [-0.15, -0.1) is 11.8 Å². The van der Waals surface area contributed by atoms with Crippen LogP contribution in [0.4, 0.5) is 0 Å². The molecule has 0 aliphatic carbocycles. The van der Waals surface area contributed by atoms with Crippen molar-refractivity contribution in [3.05, 3.63) is 29.3 Å². The smallest absolute Gasteiger partial charge is 0.0760 e. The van der Waals surface area contributed by atoms with Crippen LogP contribution in [0.25, 0.3) is 0 Å². The maximum Gasteiger partial charge on any atom is 0.0760 e. The Balaban J connectivity index is 1.70. The fourth-order valence-electron chi connectivity index (χ4n) is 1.86. The summed E-state index contributed by atoms with van der Waals surface area (Å²) >= 11 is 7.49. The topological polar surface area (TPSA) is 32.7 Å². The fourth-order valence-corrected chi connectivity index (χ4v) is 2.80. The minimum atomic E-state index is -0.302. The molecule has 100 valence electrons. The van der Waals surface area contributed by atoms with Gasteiger partial charge in [-0.1, -0.05) is 11.6 Å². The molecule has 0 bridgehead atoms. The Morgan fingerprint density at radius 3 is 2.61 bits per heavy atom. The Bertz CT molecular complexity index is 355. The predicted molar refractivity (Wildman–Crippen MR) is 75.4 cm³/mol. The van der Waals surface area contributed by atoms with Crippen LogP contribution in [0.15, 0.2) is 29.2 Å². The zero-order chi connectivity index (χ0) is 12.8. The van der Waals surface area contributed by atoms with Crippen LogP contribution in [0.2, 0.25) is 5.02 Å². The lowest BCUT2D eigenvalue weighted by Crippen LogP contribution is -2.41. The molecule has 18 heavy (non-hydrogen) atoms. The summed E-state index contributed by atoms with van der Waals surface area (Å²) in [7, 11) is 0. The van der Waals surface area contributed by atoms with E-state index in [1.165, 1.54) is 0 Å². The second-order valence-electron chi connectivity index (χ2n) is 4.33. The molecule has 1 atom stereocenters. The molecule has 0 saturated carbocycles. The number of β-amino-alcohol motifs (C(OH)–C–C–N with tert-alkyl or cyclic N) is 1. The van der Waals surface area contributed by atoms with Gasteiger partial charge in [-0.25, -0.2) is 0 Å². The molecule has 0 aromatic heterocycles. The third-order valence-corrected chi connectivity index (χ3v) is 4.24. The first kappa shape index (κ1) is 14.2. The zero-order valence-electron chi connectivity index (χ0n) is 10.2. The highest BCUT2D eigenvalue weighted by Gasteiger charge is 2.14. The van der Waals surface area contributed by atoms with Crippen LogP contribution in [-0.2, 0) is 4.74 Å². The van der Waals surface area contributed by atoms with Crippen molar-refractivity contribution in [2.75, 3.05) is 38.6 Å². The molecule has 2 rings (SSSR count). The van der Waals surface area contributed by atoms with Gasteiger partial charge in [-0.2, -0.15) is 0 Å². The number of morpholine rings is 1. The van der Waals surface area contributed by atoms with Gasteiger partial charge in [0.05, 0.1) is 19.3 Å². The number of rotatable bonds is 5. The molecule has 1 aliphatic rings. The van der Waals surface area contributed by atoms with E-state index < -0.39 is 0 Å². The molecule has 1 heterocycles. The highest BCUT2D eigenvalue weighted by Crippen LogP contribution is 2.21. The van der Waals surface area contributed by atoms with Crippen LogP contribution in [0.1, 0.15) is 0 Å². The zero-order valence-corrected chi connectivity index (χ0v) is 11.8. The number of ether oxygens (including phenoxy) is 1. The van der Waals surface area contributed by atoms with E-state index in [0.717, 1.165) is 42.8 Å². The molecule has 1 N–H and O–H groups in total. The van der Waals surface area contributed by atoms with E-state index in [1.807, 2.05) is 24.3 Å². The predicted octanol–water partition coefficient (Wildman–Crippen LogP) is 2.13. The van der Waals surface area contributed by atoms with E-state index in [9.17, 15) is 5.11 Å². The number of nitrogens with zero attached hydrogens (tertiary/aromatic N) is 1. The summed E-state index contributed by atoms with van der Waals surface area (Å²) in [4.78, 5) is 3.39. The van der Waals surface area contributed by atoms with Crippen molar-refractivity contribution < 1.29 is 9.84 Å². The summed E-state index contributed by atoms with van der Waals surface area (Å²) < 4.78 is 5.28. The van der Waals surface area contributed by atoms with Gasteiger partial charge >= 0.3 is 0 Å². The largest absolute Gasteiger partial charge is 0.391 e. The van der Waals surface area contributed by atoms with Crippen molar-refractivity contribution in [1.29, 1.82) is 0 Å². The SMILES string of the molecule is O[C@@H](CSc1ccc(Cl)cc1)CN1CCOCC1. The third-order valence-electron chi connectivity index (χ3n) is 2.83. The molecule has 1 aromatic carbocycles. The van der Waals surface area contributed by atoms with Crippen LogP contribution in [0.5, 0.6) is 0 Å². The molecular formula is C13H18ClNO2S. The second-order valence-corrected chi connectivity index (χ2v) is 5.86. The minimum Gasteiger partial charge on any atom is -0.391 e. The molecule has 0 radical (unpaired) electrons. The maximum absolute atomic E-state index is 9.99. The van der Waals surface area contributed by atoms with Gasteiger partial charge in [-0.3, -0.25) is 4.90 Å². The summed E-state index contributed by atoms with van der Waals surface area (Å²) in [5.41, 5.74) is 0. The molecule has 0 amide bonds. The van der Waals surface area contributed by atoms with Crippen LogP contribution in [0, 0.1) is 0 Å². The van der Waals surface area contributed by atoms with Crippen LogP contribution >= 0.6 is 23.4 Å². The number of halogens is 1. The van der Waals surface area contributed by atoms with Gasteiger partial charge in [0.15, 0.2) is 0 Å². The summed E-state index contributed by atoms with van der Waals surface area (Å²) in [5, 5.41) is 10.7. The number of aliphatic hydroxyl groups excluding tert-OH is 1. The van der Waals surface area contributed by atoms with Gasteiger partial charge < -0.3 is 9.84 Å². The third kappa shape index (κ3) is 4.78. The Morgan fingerprint density at radius 1 is 1.28 bits per heavy atom. The molecule has 1 saturated heterocycles. The highest BCUT2D eigenvalue weighted by atomic mass is 35.5. The lowest BCUT2D eigenvalue weighted by atomic mass is 10.3. The Morgan fingerprint density at radius 2 is 1.94 bits per heavy atom. The highest BCUT2D eigenvalue weighted by molar-refractivity contribution is 7.99. The van der Waals surface area contributed by atoms with Crippen molar-refractivity contribution in [1.82, 2.24) is 4.90 Å². The Labute approximate surface area is 117 Å². The first-order valence-corrected chi connectivity index (χ1v) is 7.47. The summed E-state index contributed by atoms with van der Waals surface area (Å²) in [5.74, 6) is 0.707. The molecular weight excluding hydrogens is 270 g/mol. The van der Waals surface area contributed by atoms with Crippen molar-refractivity contribution in [3.8, 4) is 0 Å². The lowest BCUT2D eigenvalue weighted by molar-refractivity contribution is 0.0188. The normalized spacial score (nSPS) is 18.8. The van der Waals surface area contributed by atoms with Gasteiger partial charge in [0.2, 0.25) is 0 Å². The van der Waals surface area contributed by atoms with Gasteiger partial charge in [0.1, 0.15) is 0 Å². The van der Waals surface area contributed by atoms with Gasteiger partial charge in [0, 0.05) is 35.3 Å². The van der Waals surface area contributed by atoms with E-state index in [-0.39, 0.29) is 6.10 Å². The number of hydrogen-bond donors (Lipinski definition) is 1. The number of hydrogen-bond acceptors (Lipinski definition) is 4. The van der Waals surface area contributed by atoms with E-state index in [2.05, 4.69) is 4.90 Å². The molecule has 1 fully saturated rings. The average Bonchev–Trinajstić information content (AvgIpc) is 2.39.